The Hall–Kier alpha value is -3.93. The number of primary amides is 1. The van der Waals surface area contributed by atoms with E-state index in [0.29, 0.717) is 29.5 Å². The number of nitrogens with two attached hydrogens (primary N) is 1. The minimum Gasteiger partial charge on any atom is -0.508 e. The summed E-state index contributed by atoms with van der Waals surface area (Å²) in [4.78, 5) is 40.8. The topological polar surface area (TPSA) is 187 Å². The number of fused-ring (bicyclic) bond motifs is 3. The molecule has 0 aliphatic heterocycles. The Labute approximate surface area is 229 Å². The van der Waals surface area contributed by atoms with Crippen LogP contribution in [0.1, 0.15) is 36.1 Å². The molecule has 11 nitrogen and oxygen atoms in total. The van der Waals surface area contributed by atoms with Gasteiger partial charge in [-0.3, -0.25) is 19.3 Å². The van der Waals surface area contributed by atoms with Crippen LogP contribution in [0.5, 0.6) is 5.75 Å². The molecule has 1 aromatic carbocycles. The van der Waals surface area contributed by atoms with E-state index in [2.05, 4.69) is 5.32 Å². The third-order valence-electron chi connectivity index (χ3n) is 8.67. The predicted octanol–water partition coefficient (Wildman–Crippen LogP) is 1.48. The highest BCUT2D eigenvalue weighted by Gasteiger charge is 2.64. The van der Waals surface area contributed by atoms with Gasteiger partial charge in [-0.25, -0.2) is 0 Å². The lowest BCUT2D eigenvalue weighted by Gasteiger charge is -2.50. The summed E-state index contributed by atoms with van der Waals surface area (Å²) in [6.07, 6.45) is 2.49. The average Bonchev–Trinajstić information content (AvgIpc) is 3.60. The van der Waals surface area contributed by atoms with Gasteiger partial charge in [-0.1, -0.05) is 0 Å². The summed E-state index contributed by atoms with van der Waals surface area (Å²) in [5.41, 5.74) is 2.89. The van der Waals surface area contributed by atoms with Crippen molar-refractivity contribution in [1.29, 1.82) is 0 Å². The molecule has 0 radical (unpaired) electrons. The lowest BCUT2D eigenvalue weighted by Crippen LogP contribution is -2.65. The molecule has 7 N–H and O–H groups in total. The number of likely N-dealkylation sites (N-methyl/N-ethyl adjacent to an activating group) is 1. The van der Waals surface area contributed by atoms with Crippen molar-refractivity contribution < 1.29 is 39.2 Å². The standard InChI is InChI=1S/C29H31N3O8/c1-32(2)23-17-10-12-9-16-15(19-8-5-14(40-19)11-31-13-3-4-13)6-7-18(33)21(16)24(34)20(12)26(36)29(17,39)27(37)22(25(23)35)28(30)38/h5-8,12-13,17,23,31,33-34,37,39H,3-4,9-11H2,1-2H3,(H2,30,38)/t12-,17-,23-,29-/m1/s1. The average molecular weight is 550 g/mol. The number of aliphatic hydroxyl groups excluding tert-OH is 2. The van der Waals surface area contributed by atoms with E-state index in [-0.39, 0.29) is 29.7 Å². The zero-order valence-electron chi connectivity index (χ0n) is 22.1. The maximum Gasteiger partial charge on any atom is 0.255 e. The maximum absolute atomic E-state index is 13.9. The minimum absolute atomic E-state index is 0.0234. The fourth-order valence-electron chi connectivity index (χ4n) is 6.62. The first-order valence-electron chi connectivity index (χ1n) is 13.3. The number of carbonyl (C=O) groups excluding carboxylic acids is 3. The summed E-state index contributed by atoms with van der Waals surface area (Å²) in [6.45, 7) is 0.571. The summed E-state index contributed by atoms with van der Waals surface area (Å²) < 4.78 is 6.08. The second-order valence-electron chi connectivity index (χ2n) is 11.4. The second-order valence-corrected chi connectivity index (χ2v) is 11.4. The summed E-state index contributed by atoms with van der Waals surface area (Å²) in [7, 11) is 3.13. The molecule has 0 bridgehead atoms. The van der Waals surface area contributed by atoms with Gasteiger partial charge in [0.1, 0.15) is 34.4 Å². The highest BCUT2D eigenvalue weighted by molar-refractivity contribution is 6.24. The lowest BCUT2D eigenvalue weighted by atomic mass is 9.57. The van der Waals surface area contributed by atoms with Gasteiger partial charge in [0.25, 0.3) is 5.91 Å². The third-order valence-corrected chi connectivity index (χ3v) is 8.67. The van der Waals surface area contributed by atoms with Gasteiger partial charge in [-0.2, -0.15) is 0 Å². The Morgan fingerprint density at radius 2 is 1.88 bits per heavy atom. The molecular weight excluding hydrogens is 518 g/mol. The Kier molecular flexibility index (Phi) is 5.95. The second kappa shape index (κ2) is 9.05. The van der Waals surface area contributed by atoms with E-state index in [4.69, 9.17) is 10.2 Å². The minimum atomic E-state index is -2.66. The molecular formula is C29H31N3O8. The largest absolute Gasteiger partial charge is 0.508 e. The van der Waals surface area contributed by atoms with Crippen molar-refractivity contribution in [3.63, 3.8) is 0 Å². The number of rotatable bonds is 6. The van der Waals surface area contributed by atoms with E-state index in [1.807, 2.05) is 12.1 Å². The number of benzene rings is 1. The predicted molar refractivity (Wildman–Crippen MR) is 142 cm³/mol. The van der Waals surface area contributed by atoms with Gasteiger partial charge in [-0.05, 0) is 75.5 Å². The maximum atomic E-state index is 13.9. The molecule has 4 aliphatic rings. The molecule has 1 heterocycles. The number of Topliss-reactive ketones (excluding diaryl/α,β-unsaturated/α-hetero) is 2. The first-order valence-corrected chi connectivity index (χ1v) is 13.3. The first kappa shape index (κ1) is 26.3. The van der Waals surface area contributed by atoms with Crippen molar-refractivity contribution >= 4 is 23.2 Å². The van der Waals surface area contributed by atoms with Gasteiger partial charge in [-0.15, -0.1) is 0 Å². The van der Waals surface area contributed by atoms with Crippen LogP contribution in [-0.2, 0) is 27.3 Å². The van der Waals surface area contributed by atoms with Crippen molar-refractivity contribution in [2.75, 3.05) is 14.1 Å². The molecule has 4 atom stereocenters. The molecule has 0 spiro atoms. The van der Waals surface area contributed by atoms with Crippen molar-refractivity contribution in [2.45, 2.75) is 49.9 Å². The number of hydrogen-bond acceptors (Lipinski definition) is 10. The number of phenolic OH excluding ortho intramolecular Hbond substituents is 1. The Morgan fingerprint density at radius 1 is 1.15 bits per heavy atom. The van der Waals surface area contributed by atoms with Crippen LogP contribution in [0.2, 0.25) is 0 Å². The molecule has 6 rings (SSSR count). The SMILES string of the molecule is CN(C)[C@H]1C(=O)C(C(N)=O)=C(O)[C@]2(O)C(=O)C3=C(O)c4c(O)ccc(-c5ccc(CNC6CC6)o5)c4C[C@@H]3C[C@H]12. The van der Waals surface area contributed by atoms with Crippen molar-refractivity contribution in [3.8, 4) is 17.1 Å². The van der Waals surface area contributed by atoms with Crippen LogP contribution in [0, 0.1) is 11.8 Å². The smallest absolute Gasteiger partial charge is 0.255 e. The molecule has 210 valence electrons. The summed E-state index contributed by atoms with van der Waals surface area (Å²) >= 11 is 0. The quantitative estimate of drug-likeness (QED) is 0.288. The van der Waals surface area contributed by atoms with E-state index in [1.165, 1.54) is 11.0 Å². The summed E-state index contributed by atoms with van der Waals surface area (Å²) in [5, 5.41) is 48.2. The number of ketones is 2. The van der Waals surface area contributed by atoms with Gasteiger partial charge in [0.2, 0.25) is 5.78 Å². The van der Waals surface area contributed by atoms with Crippen molar-refractivity contribution in [3.05, 3.63) is 58.1 Å². The Bertz CT molecular complexity index is 1530. The first-order chi connectivity index (χ1) is 18.9. The number of hydrogen-bond donors (Lipinski definition) is 6. The number of furan rings is 1. The van der Waals surface area contributed by atoms with Crippen LogP contribution < -0.4 is 11.1 Å². The van der Waals surface area contributed by atoms with E-state index in [1.54, 1.807) is 20.2 Å². The van der Waals surface area contributed by atoms with Gasteiger partial charge in [0, 0.05) is 23.1 Å². The van der Waals surface area contributed by atoms with Crippen LogP contribution in [0.3, 0.4) is 0 Å². The molecule has 4 aliphatic carbocycles. The molecule has 0 saturated heterocycles. The third kappa shape index (κ3) is 3.72. The van der Waals surface area contributed by atoms with E-state index >= 15 is 0 Å². The number of phenols is 1. The number of nitrogens with one attached hydrogen (secondary N) is 1. The molecule has 0 unspecified atom stereocenters. The molecule has 1 aromatic heterocycles. The highest BCUT2D eigenvalue weighted by Crippen LogP contribution is 2.53. The number of amides is 1. The van der Waals surface area contributed by atoms with E-state index in [9.17, 15) is 34.8 Å². The highest BCUT2D eigenvalue weighted by atomic mass is 16.4. The molecule has 1 amide bonds. The lowest BCUT2D eigenvalue weighted by molar-refractivity contribution is -0.153. The molecule has 2 aromatic rings. The zero-order chi connectivity index (χ0) is 28.7. The van der Waals surface area contributed by atoms with Crippen molar-refractivity contribution in [1.82, 2.24) is 10.2 Å². The van der Waals surface area contributed by atoms with Crippen LogP contribution >= 0.6 is 0 Å². The molecule has 40 heavy (non-hydrogen) atoms. The van der Waals surface area contributed by atoms with Crippen LogP contribution in [-0.4, -0.2) is 74.6 Å². The van der Waals surface area contributed by atoms with Crippen LogP contribution in [0.25, 0.3) is 17.1 Å². The monoisotopic (exact) mass is 549 g/mol. The molecule has 11 heteroatoms. The van der Waals surface area contributed by atoms with E-state index in [0.717, 1.165) is 18.6 Å². The Balaban J connectivity index is 1.47. The normalized spacial score (nSPS) is 28.1. The van der Waals surface area contributed by atoms with Gasteiger partial charge in [0.05, 0.1) is 18.2 Å². The summed E-state index contributed by atoms with van der Waals surface area (Å²) in [5.74, 6) is -5.52. The summed E-state index contributed by atoms with van der Waals surface area (Å²) in [6, 6.07) is 6.12. The van der Waals surface area contributed by atoms with Crippen molar-refractivity contribution in [2.24, 2.45) is 17.6 Å². The number of carbonyl (C=O) groups is 3. The van der Waals surface area contributed by atoms with Gasteiger partial charge in [0.15, 0.2) is 11.4 Å². The molecule has 2 saturated carbocycles. The number of nitrogens with zero attached hydrogens (tertiary/aromatic N) is 1. The number of aliphatic hydroxyl groups is 3. The van der Waals surface area contributed by atoms with E-state index < -0.39 is 58.0 Å². The Morgan fingerprint density at radius 3 is 2.52 bits per heavy atom. The van der Waals surface area contributed by atoms with Crippen LogP contribution in [0.4, 0.5) is 0 Å². The fourth-order valence-corrected chi connectivity index (χ4v) is 6.62. The fraction of sp³-hybridized carbons (Fsp3) is 0.414. The zero-order valence-corrected chi connectivity index (χ0v) is 22.1. The van der Waals surface area contributed by atoms with Gasteiger partial charge < -0.3 is 35.9 Å². The van der Waals surface area contributed by atoms with Gasteiger partial charge >= 0.3 is 0 Å². The van der Waals surface area contributed by atoms with Crippen LogP contribution in [0.15, 0.2) is 45.6 Å². The molecule has 2 fully saturated rings. The number of aromatic hydroxyl groups is 1.